The molecule has 0 aromatic carbocycles. The minimum Gasteiger partial charge on any atom is -1.00 e. The van der Waals surface area contributed by atoms with Crippen LogP contribution in [0.2, 0.25) is 0 Å². The van der Waals surface area contributed by atoms with Crippen molar-refractivity contribution in [3.63, 3.8) is 0 Å². The molecule has 1 unspecified atom stereocenters. The van der Waals surface area contributed by atoms with Gasteiger partial charge in [0.15, 0.2) is 0 Å². The van der Waals surface area contributed by atoms with Gasteiger partial charge in [0.1, 0.15) is 11.2 Å². The van der Waals surface area contributed by atoms with E-state index in [9.17, 15) is 18.0 Å². The molecule has 8 heteroatoms. The number of unbranched alkanes of at least 4 members (excludes halogenated alkanes) is 1. The third kappa shape index (κ3) is 8.04. The van der Waals surface area contributed by atoms with E-state index < -0.39 is 21.5 Å². The van der Waals surface area contributed by atoms with Crippen LogP contribution in [0.25, 0.3) is 0 Å². The molecule has 0 heterocycles. The first-order valence-corrected chi connectivity index (χ1v) is 7.38. The fourth-order valence-electron chi connectivity index (χ4n) is 1.48. The summed E-state index contributed by atoms with van der Waals surface area (Å²) in [5, 5.41) is 0. The Hall–Kier alpha value is 0.0500. The van der Waals surface area contributed by atoms with Gasteiger partial charge in [-0.05, 0) is 33.6 Å². The van der Waals surface area contributed by atoms with E-state index in [2.05, 4.69) is 0 Å². The summed E-state index contributed by atoms with van der Waals surface area (Å²) in [6.45, 7) is 4.63. The van der Waals surface area contributed by atoms with Crippen molar-refractivity contribution in [3.05, 3.63) is 0 Å². The molecule has 0 aromatic rings. The zero-order chi connectivity index (χ0) is 14.4. The number of Topliss-reactive ketones (excluding diaryl/α,β-unsaturated/α-hetero) is 1. The van der Waals surface area contributed by atoms with Crippen molar-refractivity contribution in [1.29, 1.82) is 0 Å². The molecule has 0 fully saturated rings. The first-order chi connectivity index (χ1) is 8.13. The molecule has 1 atom stereocenters. The van der Waals surface area contributed by atoms with E-state index in [-0.39, 0.29) is 62.0 Å². The van der Waals surface area contributed by atoms with E-state index in [0.29, 0.717) is 6.42 Å². The van der Waals surface area contributed by atoms with Gasteiger partial charge in [-0.15, -0.1) is 0 Å². The molecule has 0 aliphatic heterocycles. The van der Waals surface area contributed by atoms with Gasteiger partial charge < -0.3 is 6.16 Å². The number of carbonyl (C=O) groups is 2. The minimum atomic E-state index is -3.99. The van der Waals surface area contributed by atoms with Crippen molar-refractivity contribution in [2.45, 2.75) is 40.0 Å². The van der Waals surface area contributed by atoms with Gasteiger partial charge in [-0.3, -0.25) is 14.1 Å². The van der Waals surface area contributed by atoms with Crippen LogP contribution in [0.1, 0.15) is 41.5 Å². The van der Waals surface area contributed by atoms with E-state index in [4.69, 9.17) is 9.29 Å². The fourth-order valence-corrected chi connectivity index (χ4v) is 2.04. The zero-order valence-electron chi connectivity index (χ0n) is 12.9. The Morgan fingerprint density at radius 3 is 2.21 bits per heavy atom. The summed E-state index contributed by atoms with van der Waals surface area (Å²) in [7, 11) is -3.99. The molecule has 6 nitrogen and oxygen atoms in total. The normalized spacial score (nSPS) is 14.1. The number of rotatable bonds is 8. The summed E-state index contributed by atoms with van der Waals surface area (Å²) in [5.41, 5.74) is -1.24. The Morgan fingerprint density at radius 2 is 1.84 bits per heavy atom. The summed E-state index contributed by atoms with van der Waals surface area (Å²) >= 11 is 0. The monoisotopic (exact) mass is 304 g/mol. The van der Waals surface area contributed by atoms with E-state index in [1.165, 1.54) is 13.8 Å². The second kappa shape index (κ2) is 9.07. The molecule has 0 radical (unpaired) electrons. The molecule has 0 saturated carbocycles. The standard InChI is InChI=1S/C11H20O6S.Na.H/c1-4-17-10(13)11(3,9(2)12)7-5-6-8-18(14,15)16;;/h4-8H2,1-3H3,(H,14,15,16);;/q;+1;-1. The Bertz CT molecular complexity index is 411. The quantitative estimate of drug-likeness (QED) is 0.189. The molecule has 108 valence electrons. The second-order valence-corrected chi connectivity index (χ2v) is 5.92. The fraction of sp³-hybridized carbons (Fsp3) is 0.818. The van der Waals surface area contributed by atoms with Gasteiger partial charge in [-0.1, -0.05) is 6.42 Å². The predicted octanol–water partition coefficient (Wildman–Crippen LogP) is -1.68. The first kappa shape index (κ1) is 21.4. The van der Waals surface area contributed by atoms with Crippen molar-refractivity contribution in [1.82, 2.24) is 0 Å². The third-order valence-electron chi connectivity index (χ3n) is 2.83. The van der Waals surface area contributed by atoms with Gasteiger partial charge in [-0.2, -0.15) is 8.42 Å². The largest absolute Gasteiger partial charge is 1.00 e. The summed E-state index contributed by atoms with van der Waals surface area (Å²) < 4.78 is 34.4. The molecule has 0 amide bonds. The molecular weight excluding hydrogens is 283 g/mol. The summed E-state index contributed by atoms with van der Waals surface area (Å²) in [6.07, 6.45) is 0.743. The van der Waals surface area contributed by atoms with Crippen LogP contribution in [0.5, 0.6) is 0 Å². The van der Waals surface area contributed by atoms with E-state index in [0.717, 1.165) is 0 Å². The molecule has 0 aromatic heterocycles. The number of esters is 1. The second-order valence-electron chi connectivity index (χ2n) is 4.35. The van der Waals surface area contributed by atoms with Crippen molar-refractivity contribution in [2.75, 3.05) is 12.4 Å². The van der Waals surface area contributed by atoms with E-state index in [1.807, 2.05) is 0 Å². The van der Waals surface area contributed by atoms with Gasteiger partial charge >= 0.3 is 35.5 Å². The van der Waals surface area contributed by atoms with Crippen LogP contribution in [0.4, 0.5) is 0 Å². The Kier molecular flexibility index (Phi) is 10.2. The molecule has 0 spiro atoms. The smallest absolute Gasteiger partial charge is 1.00 e. The number of ether oxygens (including phenoxy) is 1. The zero-order valence-corrected chi connectivity index (χ0v) is 14.7. The summed E-state index contributed by atoms with van der Waals surface area (Å²) in [6, 6.07) is 0. The number of ketones is 1. The topological polar surface area (TPSA) is 97.7 Å². The average Bonchev–Trinajstić information content (AvgIpc) is 2.22. The van der Waals surface area contributed by atoms with Gasteiger partial charge in [0.25, 0.3) is 10.1 Å². The van der Waals surface area contributed by atoms with Crippen LogP contribution in [0.3, 0.4) is 0 Å². The van der Waals surface area contributed by atoms with Gasteiger partial charge in [-0.25, -0.2) is 0 Å². The molecule has 1 N–H and O–H groups in total. The van der Waals surface area contributed by atoms with Crippen LogP contribution in [0.15, 0.2) is 0 Å². The van der Waals surface area contributed by atoms with Crippen LogP contribution in [0, 0.1) is 5.41 Å². The Morgan fingerprint density at radius 1 is 1.32 bits per heavy atom. The molecule has 0 aliphatic rings. The van der Waals surface area contributed by atoms with Crippen molar-refractivity contribution in [3.8, 4) is 0 Å². The molecule has 0 aliphatic carbocycles. The first-order valence-electron chi connectivity index (χ1n) is 5.77. The van der Waals surface area contributed by atoms with Gasteiger partial charge in [0.2, 0.25) is 0 Å². The number of hydrogen-bond acceptors (Lipinski definition) is 5. The molecule has 0 saturated heterocycles. The van der Waals surface area contributed by atoms with Crippen LogP contribution >= 0.6 is 0 Å². The third-order valence-corrected chi connectivity index (χ3v) is 3.64. The van der Waals surface area contributed by atoms with Crippen LogP contribution in [-0.2, 0) is 24.4 Å². The van der Waals surface area contributed by atoms with Crippen LogP contribution < -0.4 is 29.6 Å². The summed E-state index contributed by atoms with van der Waals surface area (Å²) in [4.78, 5) is 23.2. The van der Waals surface area contributed by atoms with Crippen molar-refractivity contribution < 1.29 is 58.3 Å². The maximum atomic E-state index is 11.7. The van der Waals surface area contributed by atoms with Gasteiger partial charge in [0, 0.05) is 0 Å². The SMILES string of the molecule is CCOC(=O)C(C)(CCCCS(=O)(=O)O)C(C)=O.[H-].[Na+]. The van der Waals surface area contributed by atoms with Crippen molar-refractivity contribution >= 4 is 21.9 Å². The Balaban J connectivity index is -0.00000144. The van der Waals surface area contributed by atoms with E-state index >= 15 is 0 Å². The molecule has 0 bridgehead atoms. The molecule has 0 rings (SSSR count). The Labute approximate surface area is 137 Å². The summed E-state index contributed by atoms with van der Waals surface area (Å²) in [5.74, 6) is -1.28. The average molecular weight is 304 g/mol. The van der Waals surface area contributed by atoms with Crippen LogP contribution in [-0.4, -0.2) is 37.1 Å². The van der Waals surface area contributed by atoms with E-state index in [1.54, 1.807) is 6.92 Å². The number of hydrogen-bond donors (Lipinski definition) is 1. The maximum Gasteiger partial charge on any atom is 1.00 e. The maximum absolute atomic E-state index is 11.7. The predicted molar refractivity (Wildman–Crippen MR) is 66.8 cm³/mol. The molecular formula is C11H21NaO6S. The minimum absolute atomic E-state index is 0. The van der Waals surface area contributed by atoms with Crippen molar-refractivity contribution in [2.24, 2.45) is 5.41 Å². The van der Waals surface area contributed by atoms with Gasteiger partial charge in [0.05, 0.1) is 12.4 Å². The number of carbonyl (C=O) groups excluding carboxylic acids is 2. The molecule has 19 heavy (non-hydrogen) atoms.